The molecule has 6 nitrogen and oxygen atoms in total. The number of nitrogens with one attached hydrogen (secondary N) is 1. The Morgan fingerprint density at radius 2 is 2.14 bits per heavy atom. The number of thiazole rings is 1. The number of benzene rings is 1. The van der Waals surface area contributed by atoms with Gasteiger partial charge in [-0.3, -0.25) is 9.89 Å². The molecule has 22 heavy (non-hydrogen) atoms. The molecule has 3 aromatic rings. The van der Waals surface area contributed by atoms with Crippen molar-refractivity contribution in [3.8, 4) is 0 Å². The second kappa shape index (κ2) is 6.31. The van der Waals surface area contributed by atoms with E-state index in [0.717, 1.165) is 16.6 Å². The van der Waals surface area contributed by atoms with Gasteiger partial charge in [-0.25, -0.2) is 9.97 Å². The van der Waals surface area contributed by atoms with Gasteiger partial charge in [0.15, 0.2) is 5.76 Å². The molecular formula is C15H12N4O2S. The van der Waals surface area contributed by atoms with Gasteiger partial charge in [0, 0.05) is 17.9 Å². The number of aromatic amines is 1. The molecule has 0 unspecified atom stereocenters. The van der Waals surface area contributed by atoms with Gasteiger partial charge >= 0.3 is 0 Å². The summed E-state index contributed by atoms with van der Waals surface area (Å²) in [6.45, 7) is 0. The lowest BCUT2D eigenvalue weighted by molar-refractivity contribution is 0.104. The van der Waals surface area contributed by atoms with Gasteiger partial charge in [-0.15, -0.1) is 11.3 Å². The number of aliphatic hydroxyl groups is 1. The summed E-state index contributed by atoms with van der Waals surface area (Å²) in [5, 5.41) is 18.5. The second-order valence-corrected chi connectivity index (χ2v) is 5.45. The molecule has 0 amide bonds. The average molecular weight is 312 g/mol. The molecule has 0 aliphatic carbocycles. The third kappa shape index (κ3) is 3.26. The van der Waals surface area contributed by atoms with Crippen LogP contribution in [0.15, 0.2) is 48.1 Å². The van der Waals surface area contributed by atoms with Crippen LogP contribution in [0.25, 0.3) is 5.76 Å². The zero-order valence-electron chi connectivity index (χ0n) is 11.4. The van der Waals surface area contributed by atoms with Crippen molar-refractivity contribution in [2.24, 2.45) is 0 Å². The molecule has 1 aromatic carbocycles. The second-order valence-electron chi connectivity index (χ2n) is 4.51. The molecule has 110 valence electrons. The normalized spacial score (nSPS) is 11.5. The van der Waals surface area contributed by atoms with Gasteiger partial charge in [-0.2, -0.15) is 5.10 Å². The summed E-state index contributed by atoms with van der Waals surface area (Å²) < 4.78 is 0. The van der Waals surface area contributed by atoms with Crippen molar-refractivity contribution in [1.29, 1.82) is 0 Å². The van der Waals surface area contributed by atoms with Crippen LogP contribution < -0.4 is 0 Å². The number of hydrogen-bond acceptors (Lipinski definition) is 6. The fourth-order valence-corrected chi connectivity index (χ4v) is 2.69. The molecule has 0 atom stereocenters. The number of allylic oxidation sites excluding steroid dienone is 1. The quantitative estimate of drug-likeness (QED) is 0.429. The van der Waals surface area contributed by atoms with Crippen LogP contribution in [0.3, 0.4) is 0 Å². The monoisotopic (exact) mass is 312 g/mol. The lowest BCUT2D eigenvalue weighted by Gasteiger charge is -1.96. The molecule has 2 N–H and O–H groups in total. The SMILES string of the molecule is O=C(C=C(O)c1nc[nH]n1)c1csc(Cc2ccccc2)n1. The number of ketones is 1. The highest BCUT2D eigenvalue weighted by Gasteiger charge is 2.12. The van der Waals surface area contributed by atoms with Gasteiger partial charge in [0.1, 0.15) is 12.0 Å². The third-order valence-corrected chi connectivity index (χ3v) is 3.76. The lowest BCUT2D eigenvalue weighted by Crippen LogP contribution is -1.99. The van der Waals surface area contributed by atoms with Crippen molar-refractivity contribution in [2.75, 3.05) is 0 Å². The molecule has 2 heterocycles. The summed E-state index contributed by atoms with van der Waals surface area (Å²) in [4.78, 5) is 20.1. The zero-order valence-corrected chi connectivity index (χ0v) is 12.2. The van der Waals surface area contributed by atoms with Crippen molar-refractivity contribution in [3.63, 3.8) is 0 Å². The first kappa shape index (κ1) is 14.2. The number of aromatic nitrogens is 4. The van der Waals surface area contributed by atoms with Crippen molar-refractivity contribution in [1.82, 2.24) is 20.2 Å². The number of rotatable bonds is 5. The molecule has 0 radical (unpaired) electrons. The standard InChI is InChI=1S/C15H12N4O2S/c20-12(7-13(21)15-16-9-17-19-15)11-8-22-14(18-11)6-10-4-2-1-3-5-10/h1-5,7-9,21H,6H2,(H,16,17,19). The molecule has 2 aromatic heterocycles. The van der Waals surface area contributed by atoms with Gasteiger partial charge in [0.2, 0.25) is 11.6 Å². The highest BCUT2D eigenvalue weighted by molar-refractivity contribution is 7.09. The van der Waals surface area contributed by atoms with Gasteiger partial charge in [0.05, 0.1) is 5.01 Å². The van der Waals surface area contributed by atoms with Crippen LogP contribution >= 0.6 is 11.3 Å². The first-order chi connectivity index (χ1) is 10.7. The van der Waals surface area contributed by atoms with Crippen molar-refractivity contribution >= 4 is 22.9 Å². The minimum Gasteiger partial charge on any atom is -0.504 e. The summed E-state index contributed by atoms with van der Waals surface area (Å²) in [7, 11) is 0. The maximum Gasteiger partial charge on any atom is 0.215 e. The molecule has 0 aliphatic rings. The molecule has 0 aliphatic heterocycles. The Morgan fingerprint density at radius 3 is 2.86 bits per heavy atom. The molecule has 0 saturated heterocycles. The number of aliphatic hydroxyl groups excluding tert-OH is 1. The average Bonchev–Trinajstić information content (AvgIpc) is 3.19. The van der Waals surface area contributed by atoms with E-state index < -0.39 is 0 Å². The smallest absolute Gasteiger partial charge is 0.215 e. The lowest BCUT2D eigenvalue weighted by atomic mass is 10.2. The van der Waals surface area contributed by atoms with E-state index in [2.05, 4.69) is 20.2 Å². The molecule has 0 fully saturated rings. The summed E-state index contributed by atoms with van der Waals surface area (Å²) in [6, 6.07) is 9.91. The van der Waals surface area contributed by atoms with Crippen LogP contribution in [0.5, 0.6) is 0 Å². The first-order valence-corrected chi connectivity index (χ1v) is 7.40. The zero-order chi connectivity index (χ0) is 15.4. The summed E-state index contributed by atoms with van der Waals surface area (Å²) in [5.74, 6) is -0.588. The van der Waals surface area contributed by atoms with Crippen LogP contribution in [-0.2, 0) is 6.42 Å². The van der Waals surface area contributed by atoms with E-state index in [-0.39, 0.29) is 17.4 Å². The summed E-state index contributed by atoms with van der Waals surface area (Å²) in [6.07, 6.45) is 3.07. The van der Waals surface area contributed by atoms with Crippen molar-refractivity contribution < 1.29 is 9.90 Å². The third-order valence-electron chi connectivity index (χ3n) is 2.91. The minimum atomic E-state index is -0.377. The van der Waals surface area contributed by atoms with Gasteiger partial charge in [-0.05, 0) is 5.56 Å². The number of nitrogens with zero attached hydrogens (tertiary/aromatic N) is 3. The molecule has 3 rings (SSSR count). The number of carbonyl (C=O) groups excluding carboxylic acids is 1. The van der Waals surface area contributed by atoms with E-state index in [1.807, 2.05) is 30.3 Å². The van der Waals surface area contributed by atoms with E-state index in [0.29, 0.717) is 12.1 Å². The van der Waals surface area contributed by atoms with E-state index >= 15 is 0 Å². The van der Waals surface area contributed by atoms with Crippen LogP contribution in [0.4, 0.5) is 0 Å². The van der Waals surface area contributed by atoms with Gasteiger partial charge in [-0.1, -0.05) is 30.3 Å². The van der Waals surface area contributed by atoms with Crippen LogP contribution in [0.1, 0.15) is 26.9 Å². The van der Waals surface area contributed by atoms with Crippen LogP contribution in [0, 0.1) is 0 Å². The Bertz CT molecular complexity index is 794. The largest absolute Gasteiger partial charge is 0.504 e. The van der Waals surface area contributed by atoms with Gasteiger partial charge in [0.25, 0.3) is 0 Å². The topological polar surface area (TPSA) is 91.8 Å². The Kier molecular flexibility index (Phi) is 4.06. The Hall–Kier alpha value is -2.80. The highest BCUT2D eigenvalue weighted by Crippen LogP contribution is 2.16. The van der Waals surface area contributed by atoms with E-state index in [4.69, 9.17) is 0 Å². The fourth-order valence-electron chi connectivity index (χ4n) is 1.87. The molecule has 0 saturated carbocycles. The predicted octanol–water partition coefficient (Wildman–Crippen LogP) is 2.63. The number of H-pyrrole nitrogens is 1. The maximum atomic E-state index is 12.1. The molecule has 0 bridgehead atoms. The van der Waals surface area contributed by atoms with Crippen LogP contribution in [0.2, 0.25) is 0 Å². The van der Waals surface area contributed by atoms with E-state index in [1.165, 1.54) is 17.7 Å². The molecule has 0 spiro atoms. The molecular weight excluding hydrogens is 300 g/mol. The minimum absolute atomic E-state index is 0.0769. The number of carbonyl (C=O) groups is 1. The van der Waals surface area contributed by atoms with Crippen LogP contribution in [-0.4, -0.2) is 31.1 Å². The predicted molar refractivity (Wildman–Crippen MR) is 82.7 cm³/mol. The summed E-state index contributed by atoms with van der Waals surface area (Å²) >= 11 is 1.42. The Balaban J connectivity index is 1.73. The fraction of sp³-hybridized carbons (Fsp3) is 0.0667. The van der Waals surface area contributed by atoms with Crippen molar-refractivity contribution in [2.45, 2.75) is 6.42 Å². The van der Waals surface area contributed by atoms with Crippen molar-refractivity contribution in [3.05, 3.63) is 70.2 Å². The Labute approximate surface area is 130 Å². The first-order valence-electron chi connectivity index (χ1n) is 6.52. The highest BCUT2D eigenvalue weighted by atomic mass is 32.1. The van der Waals surface area contributed by atoms with Gasteiger partial charge < -0.3 is 5.11 Å². The number of hydrogen-bond donors (Lipinski definition) is 2. The molecule has 7 heteroatoms. The summed E-state index contributed by atoms with van der Waals surface area (Å²) in [5.41, 5.74) is 1.44. The van der Waals surface area contributed by atoms with E-state index in [9.17, 15) is 9.90 Å². The Morgan fingerprint density at radius 1 is 1.32 bits per heavy atom. The maximum absolute atomic E-state index is 12.1. The van der Waals surface area contributed by atoms with E-state index in [1.54, 1.807) is 5.38 Å².